The number of hydrogen-bond acceptors (Lipinski definition) is 4. The van der Waals surface area contributed by atoms with Gasteiger partial charge in [0.1, 0.15) is 11.1 Å². The van der Waals surface area contributed by atoms with Gasteiger partial charge in [-0.1, -0.05) is 29.8 Å². The van der Waals surface area contributed by atoms with Crippen molar-refractivity contribution in [1.82, 2.24) is 4.90 Å². The normalized spacial score (nSPS) is 12.6. The molecule has 1 aromatic carbocycles. The molecule has 6 heteroatoms. The van der Waals surface area contributed by atoms with Gasteiger partial charge in [-0.3, -0.25) is 4.79 Å². The SMILES string of the molecule is Cc1c(C(=O)N(C)CCC(N)C(C)C)c(=O)oc2ccc(Br)cc12. The molecule has 24 heavy (non-hydrogen) atoms. The van der Waals surface area contributed by atoms with E-state index in [4.69, 9.17) is 10.2 Å². The molecule has 0 aliphatic rings. The Morgan fingerprint density at radius 2 is 2.04 bits per heavy atom. The first-order valence-corrected chi connectivity index (χ1v) is 8.75. The Balaban J connectivity index is 2.33. The molecule has 1 amide bonds. The molecule has 0 radical (unpaired) electrons. The summed E-state index contributed by atoms with van der Waals surface area (Å²) < 4.78 is 6.18. The van der Waals surface area contributed by atoms with Crippen molar-refractivity contribution in [1.29, 1.82) is 0 Å². The van der Waals surface area contributed by atoms with Gasteiger partial charge in [0.2, 0.25) is 0 Å². The van der Waals surface area contributed by atoms with Gasteiger partial charge in [0.05, 0.1) is 0 Å². The van der Waals surface area contributed by atoms with Crippen LogP contribution in [0.15, 0.2) is 31.9 Å². The molecule has 0 bridgehead atoms. The van der Waals surface area contributed by atoms with E-state index >= 15 is 0 Å². The van der Waals surface area contributed by atoms with Gasteiger partial charge in [0.25, 0.3) is 5.91 Å². The summed E-state index contributed by atoms with van der Waals surface area (Å²) in [5.41, 5.74) is 6.62. The van der Waals surface area contributed by atoms with Crippen LogP contribution in [0.25, 0.3) is 11.0 Å². The lowest BCUT2D eigenvalue weighted by Crippen LogP contribution is -2.36. The van der Waals surface area contributed by atoms with E-state index in [0.717, 1.165) is 9.86 Å². The van der Waals surface area contributed by atoms with Gasteiger partial charge >= 0.3 is 5.63 Å². The summed E-state index contributed by atoms with van der Waals surface area (Å²) in [4.78, 5) is 26.5. The number of nitrogens with two attached hydrogens (primary N) is 1. The third-order valence-electron chi connectivity index (χ3n) is 4.34. The Morgan fingerprint density at radius 3 is 2.67 bits per heavy atom. The first kappa shape index (κ1) is 18.7. The lowest BCUT2D eigenvalue weighted by molar-refractivity contribution is 0.0784. The summed E-state index contributed by atoms with van der Waals surface area (Å²) in [5.74, 6) is 0.0115. The van der Waals surface area contributed by atoms with Gasteiger partial charge in [-0.25, -0.2) is 4.79 Å². The number of aryl methyl sites for hydroxylation is 1. The summed E-state index contributed by atoms with van der Waals surface area (Å²) in [6.45, 7) is 6.36. The highest BCUT2D eigenvalue weighted by atomic mass is 79.9. The fraction of sp³-hybridized carbons (Fsp3) is 0.444. The molecule has 1 aromatic heterocycles. The zero-order valence-electron chi connectivity index (χ0n) is 14.4. The van der Waals surface area contributed by atoms with Crippen LogP contribution in [-0.2, 0) is 0 Å². The van der Waals surface area contributed by atoms with Crippen LogP contribution in [-0.4, -0.2) is 30.4 Å². The number of benzene rings is 1. The zero-order chi connectivity index (χ0) is 18.0. The first-order valence-electron chi connectivity index (χ1n) is 7.96. The second kappa shape index (κ2) is 7.49. The van der Waals surface area contributed by atoms with Crippen LogP contribution >= 0.6 is 15.9 Å². The molecular formula is C18H23BrN2O3. The van der Waals surface area contributed by atoms with E-state index in [9.17, 15) is 9.59 Å². The molecule has 1 atom stereocenters. The number of amides is 1. The van der Waals surface area contributed by atoms with Gasteiger partial charge in [-0.2, -0.15) is 0 Å². The van der Waals surface area contributed by atoms with Crippen molar-refractivity contribution in [2.24, 2.45) is 11.7 Å². The van der Waals surface area contributed by atoms with Gasteiger partial charge in [-0.15, -0.1) is 0 Å². The fourth-order valence-electron chi connectivity index (χ4n) is 2.54. The van der Waals surface area contributed by atoms with Crippen molar-refractivity contribution in [3.63, 3.8) is 0 Å². The second-order valence-electron chi connectivity index (χ2n) is 6.45. The standard InChI is InChI=1S/C18H23BrN2O3/c1-10(2)14(20)7-8-21(4)17(22)16-11(3)13-9-12(19)5-6-15(13)24-18(16)23/h5-6,9-10,14H,7-8,20H2,1-4H3. The minimum absolute atomic E-state index is 0.0188. The minimum atomic E-state index is -0.604. The molecular weight excluding hydrogens is 372 g/mol. The van der Waals surface area contributed by atoms with Crippen molar-refractivity contribution < 1.29 is 9.21 Å². The molecule has 0 aliphatic heterocycles. The topological polar surface area (TPSA) is 76.5 Å². The van der Waals surface area contributed by atoms with Crippen LogP contribution < -0.4 is 11.4 Å². The number of carbonyl (C=O) groups is 1. The molecule has 0 spiro atoms. The number of halogens is 1. The second-order valence-corrected chi connectivity index (χ2v) is 7.37. The Morgan fingerprint density at radius 1 is 1.38 bits per heavy atom. The Labute approximate surface area is 149 Å². The highest BCUT2D eigenvalue weighted by Crippen LogP contribution is 2.24. The molecule has 2 rings (SSSR count). The van der Waals surface area contributed by atoms with Crippen molar-refractivity contribution in [3.05, 3.63) is 44.2 Å². The summed E-state index contributed by atoms with van der Waals surface area (Å²) in [5, 5.41) is 0.750. The van der Waals surface area contributed by atoms with E-state index in [1.54, 1.807) is 26.1 Å². The number of rotatable bonds is 5. The van der Waals surface area contributed by atoms with Crippen molar-refractivity contribution in [2.75, 3.05) is 13.6 Å². The highest BCUT2D eigenvalue weighted by Gasteiger charge is 2.22. The summed E-state index contributed by atoms with van der Waals surface area (Å²) in [7, 11) is 1.68. The van der Waals surface area contributed by atoms with E-state index in [0.29, 0.717) is 30.0 Å². The van der Waals surface area contributed by atoms with Crippen LogP contribution in [0.5, 0.6) is 0 Å². The molecule has 0 saturated carbocycles. The van der Waals surface area contributed by atoms with E-state index in [-0.39, 0.29) is 17.5 Å². The monoisotopic (exact) mass is 394 g/mol. The van der Waals surface area contributed by atoms with E-state index < -0.39 is 5.63 Å². The largest absolute Gasteiger partial charge is 0.422 e. The lowest BCUT2D eigenvalue weighted by Gasteiger charge is -2.22. The fourth-order valence-corrected chi connectivity index (χ4v) is 2.90. The molecule has 0 fully saturated rings. The first-order chi connectivity index (χ1) is 11.2. The van der Waals surface area contributed by atoms with Crippen LogP contribution in [0.3, 0.4) is 0 Å². The van der Waals surface area contributed by atoms with Crippen LogP contribution in [0, 0.1) is 12.8 Å². The van der Waals surface area contributed by atoms with Crippen LogP contribution in [0.2, 0.25) is 0 Å². The third-order valence-corrected chi connectivity index (χ3v) is 4.84. The van der Waals surface area contributed by atoms with Gasteiger partial charge in [0, 0.05) is 29.5 Å². The molecule has 0 saturated heterocycles. The molecule has 0 aliphatic carbocycles. The van der Waals surface area contributed by atoms with Gasteiger partial charge in [-0.05, 0) is 43.0 Å². The van der Waals surface area contributed by atoms with E-state index in [1.807, 2.05) is 19.9 Å². The summed E-state index contributed by atoms with van der Waals surface area (Å²) in [6.07, 6.45) is 0.684. The number of nitrogens with zero attached hydrogens (tertiary/aromatic N) is 1. The predicted octanol–water partition coefficient (Wildman–Crippen LogP) is 3.31. The van der Waals surface area contributed by atoms with Crippen molar-refractivity contribution in [2.45, 2.75) is 33.2 Å². The molecule has 130 valence electrons. The molecule has 5 nitrogen and oxygen atoms in total. The minimum Gasteiger partial charge on any atom is -0.422 e. The number of carbonyl (C=O) groups excluding carboxylic acids is 1. The maximum Gasteiger partial charge on any atom is 0.349 e. The zero-order valence-corrected chi connectivity index (χ0v) is 16.0. The Bertz CT molecular complexity index is 814. The number of hydrogen-bond donors (Lipinski definition) is 1. The average molecular weight is 395 g/mol. The van der Waals surface area contributed by atoms with Crippen LogP contribution in [0.4, 0.5) is 0 Å². The molecule has 1 heterocycles. The summed E-state index contributed by atoms with van der Waals surface area (Å²) >= 11 is 3.40. The molecule has 2 N–H and O–H groups in total. The molecule has 2 aromatic rings. The van der Waals surface area contributed by atoms with E-state index in [1.165, 1.54) is 4.90 Å². The van der Waals surface area contributed by atoms with E-state index in [2.05, 4.69) is 15.9 Å². The third kappa shape index (κ3) is 3.87. The summed E-state index contributed by atoms with van der Waals surface area (Å²) in [6, 6.07) is 5.38. The maximum atomic E-state index is 12.7. The highest BCUT2D eigenvalue weighted by molar-refractivity contribution is 9.10. The van der Waals surface area contributed by atoms with Crippen LogP contribution in [0.1, 0.15) is 36.2 Å². The quantitative estimate of drug-likeness (QED) is 0.789. The van der Waals surface area contributed by atoms with Crippen molar-refractivity contribution >= 4 is 32.8 Å². The van der Waals surface area contributed by atoms with Crippen molar-refractivity contribution in [3.8, 4) is 0 Å². The number of fused-ring (bicyclic) bond motifs is 1. The average Bonchev–Trinajstić information content (AvgIpc) is 2.52. The van der Waals surface area contributed by atoms with Gasteiger partial charge < -0.3 is 15.1 Å². The smallest absolute Gasteiger partial charge is 0.349 e. The maximum absolute atomic E-state index is 12.7. The molecule has 1 unspecified atom stereocenters. The predicted molar refractivity (Wildman–Crippen MR) is 99.3 cm³/mol. The Hall–Kier alpha value is -1.66. The lowest BCUT2D eigenvalue weighted by atomic mass is 10.0. The van der Waals surface area contributed by atoms with Gasteiger partial charge in [0.15, 0.2) is 0 Å². The Kier molecular flexibility index (Phi) is 5.83.